The van der Waals surface area contributed by atoms with Crippen molar-refractivity contribution in [1.82, 2.24) is 0 Å². The van der Waals surface area contributed by atoms with E-state index in [4.69, 9.17) is 5.73 Å². The number of nitro groups is 1. The fourth-order valence-electron chi connectivity index (χ4n) is 0.936. The van der Waals surface area contributed by atoms with Gasteiger partial charge in [-0.3, -0.25) is 10.1 Å². The normalized spacial score (nSPS) is 11.1. The number of nitrogens with zero attached hydrogens (tertiary/aromatic N) is 1. The summed E-state index contributed by atoms with van der Waals surface area (Å²) in [5, 5.41) is 24.2. The lowest BCUT2D eigenvalue weighted by atomic mass is 10.2. The smallest absolute Gasteiger partial charge is 0.380 e. The second-order valence-electron chi connectivity index (χ2n) is 2.71. The predicted molar refractivity (Wildman–Crippen MR) is 52.9 cm³/mol. The predicted octanol–water partition coefficient (Wildman–Crippen LogP) is -0.535. The number of benzene rings is 1. The van der Waals surface area contributed by atoms with Gasteiger partial charge in [0.05, 0.1) is 16.7 Å². The second kappa shape index (κ2) is 3.83. The summed E-state index contributed by atoms with van der Waals surface area (Å²) < 4.78 is 25.3. The van der Waals surface area contributed by atoms with Crippen molar-refractivity contribution in [2.75, 3.05) is 5.73 Å². The minimum Gasteiger partial charge on any atom is -0.501 e. The van der Waals surface area contributed by atoms with E-state index < -0.39 is 38.1 Å². The van der Waals surface area contributed by atoms with Crippen LogP contribution in [-0.2, 0) is 10.3 Å². The van der Waals surface area contributed by atoms with Crippen LogP contribution in [0.25, 0.3) is 0 Å². The van der Waals surface area contributed by atoms with Gasteiger partial charge in [0.15, 0.2) is 5.75 Å². The number of nitro benzene ring substituents is 1. The molecule has 0 spiro atoms. The molecule has 88 valence electrons. The summed E-state index contributed by atoms with van der Waals surface area (Å²) in [7, 11) is -4.31. The van der Waals surface area contributed by atoms with Gasteiger partial charge >= 0.3 is 16.0 Å². The Balaban J connectivity index is 3.30. The number of aromatic hydroxyl groups is 1. The standard InChI is InChI=1S/C6H7N3O6S/c7-4-1-3(15-16(8,13)14)2-5(6(4)10)9(11)12/h1-2,10H,7H2,(H2,8,13,14). The lowest BCUT2D eigenvalue weighted by Gasteiger charge is -2.05. The molecule has 1 aromatic rings. The van der Waals surface area contributed by atoms with Gasteiger partial charge in [0.1, 0.15) is 0 Å². The number of nitrogen functional groups attached to an aromatic ring is 1. The van der Waals surface area contributed by atoms with E-state index in [1.807, 2.05) is 0 Å². The Kier molecular flexibility index (Phi) is 2.87. The molecule has 1 aromatic carbocycles. The SMILES string of the molecule is Nc1cc(OS(N)(=O)=O)cc([N+](=O)[O-])c1O. The van der Waals surface area contributed by atoms with Gasteiger partial charge in [-0.2, -0.15) is 13.6 Å². The van der Waals surface area contributed by atoms with E-state index in [0.29, 0.717) is 6.07 Å². The van der Waals surface area contributed by atoms with Crippen LogP contribution < -0.4 is 15.1 Å². The maximum absolute atomic E-state index is 10.6. The van der Waals surface area contributed by atoms with Crippen LogP contribution in [0.5, 0.6) is 11.5 Å². The maximum atomic E-state index is 10.6. The van der Waals surface area contributed by atoms with Crippen LogP contribution >= 0.6 is 0 Å². The van der Waals surface area contributed by atoms with Crippen LogP contribution in [0.3, 0.4) is 0 Å². The summed E-state index contributed by atoms with van der Waals surface area (Å²) in [4.78, 5) is 9.50. The van der Waals surface area contributed by atoms with E-state index in [9.17, 15) is 23.6 Å². The van der Waals surface area contributed by atoms with E-state index in [0.717, 1.165) is 6.07 Å². The molecule has 0 atom stereocenters. The van der Waals surface area contributed by atoms with Crippen LogP contribution in [0.2, 0.25) is 0 Å². The fourth-order valence-corrected chi connectivity index (χ4v) is 1.30. The van der Waals surface area contributed by atoms with Gasteiger partial charge in [0.2, 0.25) is 5.75 Å². The largest absolute Gasteiger partial charge is 0.501 e. The summed E-state index contributed by atoms with van der Waals surface area (Å²) in [6.07, 6.45) is 0. The fraction of sp³-hybridized carbons (Fsp3) is 0. The van der Waals surface area contributed by atoms with Crippen LogP contribution in [0.1, 0.15) is 0 Å². The second-order valence-corrected chi connectivity index (χ2v) is 3.87. The number of hydrogen-bond donors (Lipinski definition) is 3. The third-order valence-electron chi connectivity index (χ3n) is 1.50. The molecule has 0 unspecified atom stereocenters. The molecule has 0 saturated heterocycles. The van der Waals surface area contributed by atoms with Crippen molar-refractivity contribution >= 4 is 21.7 Å². The number of hydrogen-bond acceptors (Lipinski definition) is 7. The highest BCUT2D eigenvalue weighted by Gasteiger charge is 2.20. The summed E-state index contributed by atoms with van der Waals surface area (Å²) in [6.45, 7) is 0. The summed E-state index contributed by atoms with van der Waals surface area (Å²) in [6, 6.07) is 1.59. The first-order valence-electron chi connectivity index (χ1n) is 3.70. The quantitative estimate of drug-likeness (QED) is 0.281. The Hall–Kier alpha value is -2.07. The van der Waals surface area contributed by atoms with Gasteiger partial charge in [-0.05, 0) is 0 Å². The molecule has 0 heterocycles. The monoisotopic (exact) mass is 249 g/mol. The number of rotatable bonds is 3. The highest BCUT2D eigenvalue weighted by atomic mass is 32.2. The molecule has 0 aliphatic rings. The third kappa shape index (κ3) is 2.71. The van der Waals surface area contributed by atoms with E-state index in [1.54, 1.807) is 0 Å². The average Bonchev–Trinajstić information content (AvgIpc) is 2.07. The molecule has 0 aliphatic carbocycles. The molecule has 10 heteroatoms. The highest BCUT2D eigenvalue weighted by molar-refractivity contribution is 7.84. The molecule has 0 aliphatic heterocycles. The van der Waals surface area contributed by atoms with Crippen molar-refractivity contribution < 1.29 is 22.6 Å². The molecule has 0 fully saturated rings. The first kappa shape index (κ1) is 12.0. The molecule has 0 saturated carbocycles. The van der Waals surface area contributed by atoms with Gasteiger partial charge in [0, 0.05) is 6.07 Å². The van der Waals surface area contributed by atoms with E-state index in [-0.39, 0.29) is 0 Å². The van der Waals surface area contributed by atoms with Crippen LogP contribution in [0, 0.1) is 10.1 Å². The van der Waals surface area contributed by atoms with Gasteiger partial charge in [-0.1, -0.05) is 0 Å². The number of phenols is 1. The minimum absolute atomic E-state index is 0.396. The molecule has 1 rings (SSSR count). The topological polar surface area (TPSA) is 159 Å². The number of phenolic OH excluding ortho intramolecular Hbond substituents is 1. The van der Waals surface area contributed by atoms with Crippen molar-refractivity contribution in [1.29, 1.82) is 0 Å². The Morgan fingerprint density at radius 2 is 2.00 bits per heavy atom. The minimum atomic E-state index is -4.31. The van der Waals surface area contributed by atoms with Crippen molar-refractivity contribution in [3.05, 3.63) is 22.2 Å². The van der Waals surface area contributed by atoms with Crippen molar-refractivity contribution in [3.63, 3.8) is 0 Å². The zero-order chi connectivity index (χ0) is 12.5. The third-order valence-corrected chi connectivity index (χ3v) is 1.93. The molecule has 0 aromatic heterocycles. The molecule has 0 radical (unpaired) electrons. The van der Waals surface area contributed by atoms with E-state index >= 15 is 0 Å². The summed E-state index contributed by atoms with van der Waals surface area (Å²) in [5.74, 6) is -1.23. The van der Waals surface area contributed by atoms with Crippen molar-refractivity contribution in [2.24, 2.45) is 5.14 Å². The molecular formula is C6H7N3O6S. The highest BCUT2D eigenvalue weighted by Crippen LogP contribution is 2.36. The first-order chi connectivity index (χ1) is 7.20. The Bertz CT molecular complexity index is 539. The molecule has 9 nitrogen and oxygen atoms in total. The average molecular weight is 249 g/mol. The van der Waals surface area contributed by atoms with Crippen LogP contribution in [-0.4, -0.2) is 18.4 Å². The number of nitrogens with two attached hydrogens (primary N) is 2. The lowest BCUT2D eigenvalue weighted by molar-refractivity contribution is -0.385. The van der Waals surface area contributed by atoms with Crippen LogP contribution in [0.4, 0.5) is 11.4 Å². The Morgan fingerprint density at radius 1 is 1.44 bits per heavy atom. The maximum Gasteiger partial charge on any atom is 0.380 e. The van der Waals surface area contributed by atoms with E-state index in [1.165, 1.54) is 0 Å². The summed E-state index contributed by atoms with van der Waals surface area (Å²) in [5.41, 5.74) is 4.03. The van der Waals surface area contributed by atoms with Crippen molar-refractivity contribution in [2.45, 2.75) is 0 Å². The lowest BCUT2D eigenvalue weighted by Crippen LogP contribution is -2.19. The van der Waals surface area contributed by atoms with Crippen molar-refractivity contribution in [3.8, 4) is 11.5 Å². The Morgan fingerprint density at radius 3 is 2.44 bits per heavy atom. The zero-order valence-electron chi connectivity index (χ0n) is 7.65. The molecule has 5 N–H and O–H groups in total. The van der Waals surface area contributed by atoms with Gasteiger partial charge in [0.25, 0.3) is 0 Å². The molecular weight excluding hydrogens is 242 g/mol. The van der Waals surface area contributed by atoms with Gasteiger partial charge < -0.3 is 15.0 Å². The molecule has 0 bridgehead atoms. The first-order valence-corrected chi connectivity index (χ1v) is 5.17. The summed E-state index contributed by atoms with van der Waals surface area (Å²) >= 11 is 0. The number of anilines is 1. The van der Waals surface area contributed by atoms with Crippen LogP contribution in [0.15, 0.2) is 12.1 Å². The zero-order valence-corrected chi connectivity index (χ0v) is 8.47. The Labute approximate surface area is 89.6 Å². The van der Waals surface area contributed by atoms with Gasteiger partial charge in [-0.25, -0.2) is 0 Å². The molecule has 16 heavy (non-hydrogen) atoms. The molecule has 0 amide bonds. The van der Waals surface area contributed by atoms with Gasteiger partial charge in [-0.15, -0.1) is 0 Å². The van der Waals surface area contributed by atoms with E-state index in [2.05, 4.69) is 9.32 Å².